The minimum Gasteiger partial charge on any atom is -0.135 e. The van der Waals surface area contributed by atoms with Crippen LogP contribution in [-0.2, 0) is 0 Å². The van der Waals surface area contributed by atoms with Crippen molar-refractivity contribution in [3.63, 3.8) is 0 Å². The number of benzene rings is 7. The Balaban J connectivity index is 1.33. The second-order valence-electron chi connectivity index (χ2n) is 12.6. The van der Waals surface area contributed by atoms with Crippen molar-refractivity contribution in [3.05, 3.63) is 204 Å². The molecule has 0 aliphatic rings. The highest BCUT2D eigenvalue weighted by Gasteiger charge is 2.34. The van der Waals surface area contributed by atoms with Crippen molar-refractivity contribution in [2.24, 2.45) is 0 Å². The first kappa shape index (κ1) is 31.5. The van der Waals surface area contributed by atoms with E-state index < -0.39 is 10.0 Å². The molecular weight excluding hydrogens is 673 g/mol. The maximum absolute atomic E-state index is 4.54. The van der Waals surface area contributed by atoms with Crippen LogP contribution in [0, 0.1) is 0 Å². The molecule has 0 unspecified atom stereocenters. The summed E-state index contributed by atoms with van der Waals surface area (Å²) < 4.78 is 5.06. The first-order valence-electron chi connectivity index (χ1n) is 17.0. The van der Waals surface area contributed by atoms with E-state index in [4.69, 9.17) is 0 Å². The molecule has 0 amide bonds. The van der Waals surface area contributed by atoms with Crippen molar-refractivity contribution in [3.8, 4) is 11.1 Å². The maximum atomic E-state index is 4.54. The molecule has 0 saturated heterocycles. The van der Waals surface area contributed by atoms with Crippen molar-refractivity contribution in [1.82, 2.24) is 0 Å². The summed E-state index contributed by atoms with van der Waals surface area (Å²) in [6.45, 7) is 8.87. The van der Waals surface area contributed by atoms with E-state index in [-0.39, 0.29) is 0 Å². The van der Waals surface area contributed by atoms with E-state index in [0.717, 1.165) is 16.4 Å². The molecule has 0 N–H and O–H groups in total. The SMILES string of the molecule is C=C/C(c1cccc(S(c2ccccc2)(c2ccccc2)c2cccc(-c3cccc4c3sc3ccccc34)c2)c1)=c1/sc2ccccc2c1=C. The molecule has 9 aromatic rings. The predicted octanol–water partition coefficient (Wildman–Crippen LogP) is 13.1. The van der Waals surface area contributed by atoms with Gasteiger partial charge in [-0.1, -0.05) is 134 Å². The summed E-state index contributed by atoms with van der Waals surface area (Å²) in [6.07, 6.45) is 2.01. The highest BCUT2D eigenvalue weighted by molar-refractivity contribution is 8.34. The Morgan fingerprint density at radius 1 is 0.490 bits per heavy atom. The van der Waals surface area contributed by atoms with Crippen molar-refractivity contribution in [1.29, 1.82) is 0 Å². The van der Waals surface area contributed by atoms with Crippen LogP contribution < -0.4 is 9.75 Å². The molecule has 0 radical (unpaired) electrons. The van der Waals surface area contributed by atoms with E-state index in [1.165, 1.54) is 65.5 Å². The van der Waals surface area contributed by atoms with Crippen LogP contribution in [0.25, 0.3) is 53.5 Å². The molecular formula is C48H34S3. The Kier molecular flexibility index (Phi) is 8.05. The maximum Gasteiger partial charge on any atom is 0.0433 e. The summed E-state index contributed by atoms with van der Waals surface area (Å²) in [5.41, 5.74) is 4.76. The fourth-order valence-electron chi connectivity index (χ4n) is 7.41. The normalized spacial score (nSPS) is 12.7. The van der Waals surface area contributed by atoms with Gasteiger partial charge < -0.3 is 0 Å². The third kappa shape index (κ3) is 5.20. The van der Waals surface area contributed by atoms with Crippen LogP contribution in [0.3, 0.4) is 0 Å². The van der Waals surface area contributed by atoms with Gasteiger partial charge in [-0.15, -0.1) is 32.7 Å². The summed E-state index contributed by atoms with van der Waals surface area (Å²) in [5, 5.41) is 4.89. The zero-order valence-corrected chi connectivity index (χ0v) is 30.4. The van der Waals surface area contributed by atoms with E-state index in [9.17, 15) is 0 Å². The molecule has 0 spiro atoms. The highest BCUT2D eigenvalue weighted by Crippen LogP contribution is 2.73. The lowest BCUT2D eigenvalue weighted by Gasteiger charge is -2.42. The first-order chi connectivity index (χ1) is 25.2. The quantitative estimate of drug-likeness (QED) is 0.155. The number of hydrogen-bond acceptors (Lipinski definition) is 2. The van der Waals surface area contributed by atoms with Crippen LogP contribution in [-0.4, -0.2) is 0 Å². The molecule has 244 valence electrons. The summed E-state index contributed by atoms with van der Waals surface area (Å²) in [6, 6.07) is 64.8. The Morgan fingerprint density at radius 2 is 1.04 bits per heavy atom. The number of fused-ring (bicyclic) bond motifs is 4. The fourth-order valence-corrected chi connectivity index (χ4v) is 13.8. The Bertz CT molecular complexity index is 2800. The second-order valence-corrected chi connectivity index (χ2v) is 17.8. The predicted molar refractivity (Wildman–Crippen MR) is 224 cm³/mol. The van der Waals surface area contributed by atoms with Crippen LogP contribution in [0.15, 0.2) is 208 Å². The van der Waals surface area contributed by atoms with Crippen LogP contribution in [0.2, 0.25) is 0 Å². The van der Waals surface area contributed by atoms with E-state index in [0.29, 0.717) is 0 Å². The smallest absolute Gasteiger partial charge is 0.0433 e. The van der Waals surface area contributed by atoms with Gasteiger partial charge in [-0.3, -0.25) is 0 Å². The molecule has 0 aliphatic heterocycles. The Labute approximate surface area is 307 Å². The number of rotatable bonds is 7. The van der Waals surface area contributed by atoms with Gasteiger partial charge in [0.1, 0.15) is 0 Å². The van der Waals surface area contributed by atoms with Gasteiger partial charge in [-0.2, -0.15) is 0 Å². The Hall–Kier alpha value is -5.45. The molecule has 3 heteroatoms. The summed E-state index contributed by atoms with van der Waals surface area (Å²) in [5.74, 6) is 0. The van der Waals surface area contributed by atoms with E-state index in [1.807, 2.05) is 17.4 Å². The molecule has 2 heterocycles. The average Bonchev–Trinajstić information content (AvgIpc) is 3.74. The molecule has 7 aromatic carbocycles. The largest absolute Gasteiger partial charge is 0.135 e. The van der Waals surface area contributed by atoms with E-state index in [2.05, 4.69) is 189 Å². The number of allylic oxidation sites excluding steroid dienone is 1. The molecule has 0 aliphatic carbocycles. The molecule has 0 saturated carbocycles. The molecule has 0 bridgehead atoms. The minimum absolute atomic E-state index is 1.06. The lowest BCUT2D eigenvalue weighted by atomic mass is 10.0. The zero-order chi connectivity index (χ0) is 34.4. The van der Waals surface area contributed by atoms with Gasteiger partial charge in [-0.25, -0.2) is 0 Å². The van der Waals surface area contributed by atoms with Gasteiger partial charge in [0.2, 0.25) is 0 Å². The van der Waals surface area contributed by atoms with E-state index >= 15 is 0 Å². The van der Waals surface area contributed by atoms with E-state index in [1.54, 1.807) is 11.3 Å². The topological polar surface area (TPSA) is 0 Å². The fraction of sp³-hybridized carbons (Fsp3) is 0. The molecule has 2 aromatic heterocycles. The summed E-state index contributed by atoms with van der Waals surface area (Å²) in [7, 11) is -1.96. The standard InChI is InChI=1S/C48H34S3/c1-3-40(47-33(2)41-25-10-12-29-45(41)49-47)34-17-14-23-38(31-34)51(36-19-6-4-7-20-36,37-21-8-5-9-22-37)39-24-15-18-35(32-39)42-27-16-28-44-43-26-11-13-30-46(43)50-48(42)44/h3-32H,1-2H2/b47-40-. The Morgan fingerprint density at radius 3 is 1.73 bits per heavy atom. The van der Waals surface area contributed by atoms with Gasteiger partial charge in [0.25, 0.3) is 0 Å². The van der Waals surface area contributed by atoms with Crippen LogP contribution >= 0.6 is 32.7 Å². The molecule has 51 heavy (non-hydrogen) atoms. The molecule has 0 fully saturated rings. The molecule has 0 atom stereocenters. The highest BCUT2D eigenvalue weighted by atomic mass is 32.3. The summed E-state index contributed by atoms with van der Waals surface area (Å²) >= 11 is 3.68. The van der Waals surface area contributed by atoms with Crippen LogP contribution in [0.5, 0.6) is 0 Å². The third-order valence-electron chi connectivity index (χ3n) is 9.74. The van der Waals surface area contributed by atoms with Gasteiger partial charge in [0, 0.05) is 49.0 Å². The average molecular weight is 707 g/mol. The van der Waals surface area contributed by atoms with Gasteiger partial charge in [0.05, 0.1) is 0 Å². The van der Waals surface area contributed by atoms with Crippen molar-refractivity contribution in [2.45, 2.75) is 19.6 Å². The van der Waals surface area contributed by atoms with Crippen molar-refractivity contribution >= 4 is 75.1 Å². The third-order valence-corrected chi connectivity index (χ3v) is 16.1. The lowest BCUT2D eigenvalue weighted by Crippen LogP contribution is -2.19. The number of thiophene rings is 2. The van der Waals surface area contributed by atoms with Crippen LogP contribution in [0.4, 0.5) is 0 Å². The van der Waals surface area contributed by atoms with Crippen LogP contribution in [0.1, 0.15) is 5.56 Å². The first-order valence-corrected chi connectivity index (χ1v) is 20.3. The lowest BCUT2D eigenvalue weighted by molar-refractivity contribution is 1.24. The summed E-state index contributed by atoms with van der Waals surface area (Å²) in [4.78, 5) is 5.17. The zero-order valence-electron chi connectivity index (χ0n) is 28.0. The molecule has 9 rings (SSSR count). The minimum atomic E-state index is -1.96. The van der Waals surface area contributed by atoms with Crippen molar-refractivity contribution in [2.75, 3.05) is 0 Å². The monoisotopic (exact) mass is 706 g/mol. The van der Waals surface area contributed by atoms with Gasteiger partial charge >= 0.3 is 0 Å². The van der Waals surface area contributed by atoms with Gasteiger partial charge in [-0.05, 0) is 93.5 Å². The second kappa shape index (κ2) is 13.0. The molecule has 0 nitrogen and oxygen atoms in total. The number of hydrogen-bond donors (Lipinski definition) is 0. The van der Waals surface area contributed by atoms with Gasteiger partial charge in [0.15, 0.2) is 0 Å². The van der Waals surface area contributed by atoms with Crippen molar-refractivity contribution < 1.29 is 0 Å².